The van der Waals surface area contributed by atoms with Gasteiger partial charge >= 0.3 is 5.69 Å². The SMILES string of the molecule is Cn1c(=O)c2ccc(C(=O)Nc3ccc(F)c(Cl)c3)nc2n(C)c1=O. The minimum absolute atomic E-state index is 0.00352. The van der Waals surface area contributed by atoms with Gasteiger partial charge in [0.2, 0.25) is 0 Å². The van der Waals surface area contributed by atoms with Crippen LogP contribution in [0.2, 0.25) is 5.02 Å². The summed E-state index contributed by atoms with van der Waals surface area (Å²) in [7, 11) is 2.82. The zero-order chi connectivity index (χ0) is 18.3. The summed E-state index contributed by atoms with van der Waals surface area (Å²) in [5.74, 6) is -1.19. The lowest BCUT2D eigenvalue weighted by molar-refractivity contribution is 0.102. The van der Waals surface area contributed by atoms with Gasteiger partial charge in [0, 0.05) is 19.8 Å². The highest BCUT2D eigenvalue weighted by Gasteiger charge is 2.14. The zero-order valence-corrected chi connectivity index (χ0v) is 14.0. The molecule has 3 aromatic rings. The molecule has 25 heavy (non-hydrogen) atoms. The Bertz CT molecular complexity index is 1140. The van der Waals surface area contributed by atoms with Crippen LogP contribution in [0, 0.1) is 5.82 Å². The lowest BCUT2D eigenvalue weighted by atomic mass is 10.2. The molecule has 9 heteroatoms. The average molecular weight is 363 g/mol. The Labute approximate surface area is 145 Å². The monoisotopic (exact) mass is 362 g/mol. The van der Waals surface area contributed by atoms with Crippen molar-refractivity contribution < 1.29 is 9.18 Å². The molecular formula is C16H12ClFN4O3. The molecule has 0 atom stereocenters. The molecule has 1 amide bonds. The van der Waals surface area contributed by atoms with Crippen molar-refractivity contribution in [2.45, 2.75) is 0 Å². The molecule has 0 saturated carbocycles. The summed E-state index contributed by atoms with van der Waals surface area (Å²) in [6.07, 6.45) is 0. The molecule has 0 aliphatic carbocycles. The van der Waals surface area contributed by atoms with Gasteiger partial charge in [-0.3, -0.25) is 18.7 Å². The van der Waals surface area contributed by atoms with Crippen molar-refractivity contribution in [2.24, 2.45) is 14.1 Å². The number of rotatable bonds is 2. The number of fused-ring (bicyclic) bond motifs is 1. The van der Waals surface area contributed by atoms with Crippen molar-refractivity contribution in [3.63, 3.8) is 0 Å². The van der Waals surface area contributed by atoms with Gasteiger partial charge in [0.1, 0.15) is 17.2 Å². The number of amides is 1. The molecule has 1 aromatic carbocycles. The molecule has 0 spiro atoms. The maximum atomic E-state index is 13.2. The van der Waals surface area contributed by atoms with E-state index in [1.165, 1.54) is 42.9 Å². The van der Waals surface area contributed by atoms with Crippen LogP contribution >= 0.6 is 11.6 Å². The van der Waals surface area contributed by atoms with Crippen molar-refractivity contribution in [2.75, 3.05) is 5.32 Å². The van der Waals surface area contributed by atoms with Crippen LogP contribution in [-0.4, -0.2) is 20.0 Å². The number of nitrogens with one attached hydrogen (secondary N) is 1. The normalized spacial score (nSPS) is 10.9. The predicted octanol–water partition coefficient (Wildman–Crippen LogP) is 1.68. The van der Waals surface area contributed by atoms with E-state index < -0.39 is 23.0 Å². The van der Waals surface area contributed by atoms with Crippen molar-refractivity contribution in [3.05, 3.63) is 67.7 Å². The van der Waals surface area contributed by atoms with Crippen LogP contribution in [0.3, 0.4) is 0 Å². The second-order valence-electron chi connectivity index (χ2n) is 5.36. The van der Waals surface area contributed by atoms with Gasteiger partial charge < -0.3 is 5.32 Å². The summed E-state index contributed by atoms with van der Waals surface area (Å²) in [6.45, 7) is 0. The van der Waals surface area contributed by atoms with Gasteiger partial charge in [-0.05, 0) is 30.3 Å². The van der Waals surface area contributed by atoms with Crippen LogP contribution in [0.1, 0.15) is 10.5 Å². The van der Waals surface area contributed by atoms with E-state index in [1.807, 2.05) is 0 Å². The molecule has 0 radical (unpaired) electrons. The number of hydrogen-bond donors (Lipinski definition) is 1. The minimum Gasteiger partial charge on any atom is -0.321 e. The number of carbonyl (C=O) groups excluding carboxylic acids is 1. The van der Waals surface area contributed by atoms with Gasteiger partial charge in [-0.15, -0.1) is 0 Å². The molecule has 0 aliphatic rings. The number of pyridine rings is 1. The second-order valence-corrected chi connectivity index (χ2v) is 5.76. The number of hydrogen-bond acceptors (Lipinski definition) is 4. The van der Waals surface area contributed by atoms with Crippen LogP contribution in [0.5, 0.6) is 0 Å². The first-order valence-electron chi connectivity index (χ1n) is 7.13. The van der Waals surface area contributed by atoms with E-state index in [-0.39, 0.29) is 27.4 Å². The topological polar surface area (TPSA) is 86.0 Å². The molecule has 128 valence electrons. The van der Waals surface area contributed by atoms with E-state index in [9.17, 15) is 18.8 Å². The van der Waals surface area contributed by atoms with Crippen LogP contribution in [0.15, 0.2) is 39.9 Å². The lowest BCUT2D eigenvalue weighted by Gasteiger charge is -2.09. The number of anilines is 1. The lowest BCUT2D eigenvalue weighted by Crippen LogP contribution is -2.37. The maximum Gasteiger partial charge on any atom is 0.332 e. The molecule has 0 aliphatic heterocycles. The first kappa shape index (κ1) is 16.8. The summed E-state index contributed by atoms with van der Waals surface area (Å²) in [5.41, 5.74) is -0.666. The fraction of sp³-hybridized carbons (Fsp3) is 0.125. The molecule has 0 bridgehead atoms. The Morgan fingerprint density at radius 2 is 1.88 bits per heavy atom. The zero-order valence-electron chi connectivity index (χ0n) is 13.2. The highest BCUT2D eigenvalue weighted by molar-refractivity contribution is 6.31. The van der Waals surface area contributed by atoms with Crippen LogP contribution < -0.4 is 16.6 Å². The van der Waals surface area contributed by atoms with Crippen molar-refractivity contribution in [3.8, 4) is 0 Å². The minimum atomic E-state index is -0.602. The van der Waals surface area contributed by atoms with Crippen molar-refractivity contribution in [1.82, 2.24) is 14.1 Å². The Hall–Kier alpha value is -3.00. The number of carbonyl (C=O) groups is 1. The standard InChI is InChI=1S/C16H12ClFN4O3/c1-21-13-9(15(24)22(2)16(21)25)4-6-12(20-13)14(23)19-8-3-5-11(18)10(17)7-8/h3-7H,1-2H3,(H,19,23). The summed E-state index contributed by atoms with van der Waals surface area (Å²) < 4.78 is 15.3. The van der Waals surface area contributed by atoms with E-state index in [2.05, 4.69) is 10.3 Å². The molecule has 0 saturated heterocycles. The third-order valence-corrected chi connectivity index (χ3v) is 4.00. The number of aryl methyl sites for hydroxylation is 1. The van der Waals surface area contributed by atoms with E-state index in [4.69, 9.17) is 11.6 Å². The van der Waals surface area contributed by atoms with Gasteiger partial charge in [-0.2, -0.15) is 0 Å². The van der Waals surface area contributed by atoms with Gasteiger partial charge in [-0.1, -0.05) is 11.6 Å². The Balaban J connectivity index is 2.04. The van der Waals surface area contributed by atoms with E-state index >= 15 is 0 Å². The second kappa shape index (κ2) is 6.14. The third kappa shape index (κ3) is 2.91. The van der Waals surface area contributed by atoms with E-state index in [0.29, 0.717) is 0 Å². The Morgan fingerprint density at radius 3 is 2.56 bits per heavy atom. The number of aromatic nitrogens is 3. The molecule has 7 nitrogen and oxygen atoms in total. The summed E-state index contributed by atoms with van der Waals surface area (Å²) in [6, 6.07) is 6.54. The van der Waals surface area contributed by atoms with Crippen molar-refractivity contribution >= 4 is 34.2 Å². The molecule has 2 heterocycles. The predicted molar refractivity (Wildman–Crippen MR) is 91.6 cm³/mol. The summed E-state index contributed by atoms with van der Waals surface area (Å²) in [4.78, 5) is 40.5. The number of benzene rings is 1. The first-order valence-corrected chi connectivity index (χ1v) is 7.50. The molecule has 0 unspecified atom stereocenters. The largest absolute Gasteiger partial charge is 0.332 e. The quantitative estimate of drug-likeness (QED) is 0.751. The van der Waals surface area contributed by atoms with Crippen LogP contribution in [0.25, 0.3) is 11.0 Å². The van der Waals surface area contributed by atoms with E-state index in [1.54, 1.807) is 0 Å². The van der Waals surface area contributed by atoms with E-state index in [0.717, 1.165) is 10.6 Å². The molecular weight excluding hydrogens is 351 g/mol. The van der Waals surface area contributed by atoms with Gasteiger partial charge in [0.05, 0.1) is 10.4 Å². The van der Waals surface area contributed by atoms with Gasteiger partial charge in [0.25, 0.3) is 11.5 Å². The fourth-order valence-corrected chi connectivity index (χ4v) is 2.53. The average Bonchev–Trinajstić information content (AvgIpc) is 2.60. The number of halogens is 2. The first-order chi connectivity index (χ1) is 11.8. The molecule has 2 aromatic heterocycles. The summed E-state index contributed by atoms with van der Waals surface area (Å²) in [5, 5.41) is 2.61. The Morgan fingerprint density at radius 1 is 1.16 bits per heavy atom. The number of nitrogens with zero attached hydrogens (tertiary/aromatic N) is 3. The smallest absolute Gasteiger partial charge is 0.321 e. The third-order valence-electron chi connectivity index (χ3n) is 3.71. The fourth-order valence-electron chi connectivity index (χ4n) is 2.35. The summed E-state index contributed by atoms with van der Waals surface area (Å²) >= 11 is 5.67. The van der Waals surface area contributed by atoms with Crippen LogP contribution in [0.4, 0.5) is 10.1 Å². The molecule has 3 rings (SSSR count). The van der Waals surface area contributed by atoms with Crippen LogP contribution in [-0.2, 0) is 14.1 Å². The molecule has 1 N–H and O–H groups in total. The van der Waals surface area contributed by atoms with Crippen molar-refractivity contribution in [1.29, 1.82) is 0 Å². The highest BCUT2D eigenvalue weighted by atomic mass is 35.5. The van der Waals surface area contributed by atoms with Gasteiger partial charge in [-0.25, -0.2) is 14.2 Å². The van der Waals surface area contributed by atoms with Gasteiger partial charge in [0.15, 0.2) is 0 Å². The highest BCUT2D eigenvalue weighted by Crippen LogP contribution is 2.20. The molecule has 0 fully saturated rings. The Kier molecular flexibility index (Phi) is 4.13. The maximum absolute atomic E-state index is 13.2.